The Hall–Kier alpha value is -1.15. The van der Waals surface area contributed by atoms with Crippen molar-refractivity contribution in [3.8, 4) is 0 Å². The molecule has 2 aromatic rings. The van der Waals surface area contributed by atoms with Crippen LogP contribution in [0.4, 0.5) is 0 Å². The minimum Gasteiger partial charge on any atom is -0.236 e. The van der Waals surface area contributed by atoms with Crippen LogP contribution < -0.4 is 0 Å². The lowest BCUT2D eigenvalue weighted by molar-refractivity contribution is 0.856. The summed E-state index contributed by atoms with van der Waals surface area (Å²) < 4.78 is 1.24. The zero-order chi connectivity index (χ0) is 10.1. The second kappa shape index (κ2) is 3.54. The quantitative estimate of drug-likeness (QED) is 0.719. The number of nitrogens with zero attached hydrogens (tertiary/aromatic N) is 1. The topological polar surface area (TPSA) is 12.9 Å². The van der Waals surface area contributed by atoms with Gasteiger partial charge in [0.05, 0.1) is 10.2 Å². The third-order valence-electron chi connectivity index (χ3n) is 2.27. The number of benzene rings is 1. The highest BCUT2D eigenvalue weighted by molar-refractivity contribution is 7.19. The average Bonchev–Trinajstić information content (AvgIpc) is 2.59. The van der Waals surface area contributed by atoms with Gasteiger partial charge in [0.15, 0.2) is 0 Å². The normalized spacial score (nSPS) is 11.1. The van der Waals surface area contributed by atoms with E-state index in [1.54, 1.807) is 11.3 Å². The van der Waals surface area contributed by atoms with Gasteiger partial charge in [-0.25, -0.2) is 4.98 Å². The van der Waals surface area contributed by atoms with Crippen LogP contribution in [0.2, 0.25) is 0 Å². The molecule has 0 aliphatic heterocycles. The molecule has 0 radical (unpaired) electrons. The van der Waals surface area contributed by atoms with Crippen molar-refractivity contribution >= 4 is 27.1 Å². The molecule has 0 spiro atoms. The molecule has 0 aliphatic rings. The van der Waals surface area contributed by atoms with Crippen molar-refractivity contribution in [2.75, 3.05) is 0 Å². The molecule has 1 aromatic carbocycles. The number of hydrogen-bond donors (Lipinski definition) is 0. The summed E-state index contributed by atoms with van der Waals surface area (Å²) in [7, 11) is 0. The zero-order valence-corrected chi connectivity index (χ0v) is 9.27. The van der Waals surface area contributed by atoms with Gasteiger partial charge in [-0.05, 0) is 23.6 Å². The van der Waals surface area contributed by atoms with E-state index in [1.165, 1.54) is 4.70 Å². The number of rotatable bonds is 2. The lowest BCUT2D eigenvalue weighted by Crippen LogP contribution is -1.90. The Morgan fingerprint density at radius 1 is 1.36 bits per heavy atom. The Kier molecular flexibility index (Phi) is 2.38. The van der Waals surface area contributed by atoms with Crippen molar-refractivity contribution in [1.29, 1.82) is 0 Å². The summed E-state index contributed by atoms with van der Waals surface area (Å²) in [5, 5.41) is 1.07. The zero-order valence-electron chi connectivity index (χ0n) is 8.45. The van der Waals surface area contributed by atoms with E-state index >= 15 is 0 Å². The van der Waals surface area contributed by atoms with E-state index in [4.69, 9.17) is 0 Å². The van der Waals surface area contributed by atoms with Gasteiger partial charge < -0.3 is 0 Å². The van der Waals surface area contributed by atoms with Gasteiger partial charge in [-0.3, -0.25) is 0 Å². The molecule has 0 unspecified atom stereocenters. The van der Waals surface area contributed by atoms with E-state index in [1.807, 2.05) is 18.2 Å². The van der Waals surface area contributed by atoms with Crippen LogP contribution >= 0.6 is 11.3 Å². The van der Waals surface area contributed by atoms with Crippen molar-refractivity contribution in [3.05, 3.63) is 35.9 Å². The van der Waals surface area contributed by atoms with Crippen LogP contribution in [0.5, 0.6) is 0 Å². The van der Waals surface area contributed by atoms with Gasteiger partial charge in [0, 0.05) is 0 Å². The molecule has 72 valence electrons. The Labute approximate surface area is 88.1 Å². The van der Waals surface area contributed by atoms with Gasteiger partial charge in [-0.15, -0.1) is 11.3 Å². The lowest BCUT2D eigenvalue weighted by Gasteiger charge is -2.03. The molecular formula is C12H13NS. The van der Waals surface area contributed by atoms with Crippen LogP contribution in [0.3, 0.4) is 0 Å². The molecule has 0 atom stereocenters. The SMILES string of the molecule is C=C(c1nc2ccccc2s1)C(C)C. The van der Waals surface area contributed by atoms with Crippen molar-refractivity contribution in [2.45, 2.75) is 13.8 Å². The first-order chi connectivity index (χ1) is 6.68. The molecule has 0 fully saturated rings. The van der Waals surface area contributed by atoms with E-state index in [9.17, 15) is 0 Å². The summed E-state index contributed by atoms with van der Waals surface area (Å²) in [6, 6.07) is 8.21. The van der Waals surface area contributed by atoms with Crippen LogP contribution in [0.1, 0.15) is 18.9 Å². The van der Waals surface area contributed by atoms with E-state index in [-0.39, 0.29) is 0 Å². The monoisotopic (exact) mass is 203 g/mol. The molecule has 0 N–H and O–H groups in total. The van der Waals surface area contributed by atoms with E-state index in [2.05, 4.69) is 31.5 Å². The van der Waals surface area contributed by atoms with E-state index in [0.29, 0.717) is 5.92 Å². The Morgan fingerprint density at radius 2 is 2.07 bits per heavy atom. The number of allylic oxidation sites excluding steroid dienone is 1. The molecule has 0 saturated heterocycles. The molecule has 0 bridgehead atoms. The van der Waals surface area contributed by atoms with Crippen molar-refractivity contribution in [2.24, 2.45) is 5.92 Å². The highest BCUT2D eigenvalue weighted by Crippen LogP contribution is 2.29. The van der Waals surface area contributed by atoms with E-state index < -0.39 is 0 Å². The first-order valence-corrected chi connectivity index (χ1v) is 5.55. The average molecular weight is 203 g/mol. The van der Waals surface area contributed by atoms with Crippen LogP contribution in [0.25, 0.3) is 15.8 Å². The molecule has 2 rings (SSSR count). The van der Waals surface area contributed by atoms with Gasteiger partial charge in [-0.2, -0.15) is 0 Å². The van der Waals surface area contributed by atoms with Gasteiger partial charge in [0.1, 0.15) is 5.01 Å². The van der Waals surface area contributed by atoms with Crippen LogP contribution in [0, 0.1) is 5.92 Å². The predicted octanol–water partition coefficient (Wildman–Crippen LogP) is 3.97. The number of thiazole rings is 1. The largest absolute Gasteiger partial charge is 0.236 e. The fraction of sp³-hybridized carbons (Fsp3) is 0.250. The molecule has 0 amide bonds. The van der Waals surface area contributed by atoms with Crippen molar-refractivity contribution < 1.29 is 0 Å². The number of aromatic nitrogens is 1. The number of para-hydroxylation sites is 1. The summed E-state index contributed by atoms with van der Waals surface area (Å²) in [6.07, 6.45) is 0. The van der Waals surface area contributed by atoms with E-state index in [0.717, 1.165) is 16.1 Å². The summed E-state index contributed by atoms with van der Waals surface area (Å²) in [5.41, 5.74) is 2.21. The van der Waals surface area contributed by atoms with Crippen LogP contribution in [0.15, 0.2) is 30.8 Å². The fourth-order valence-corrected chi connectivity index (χ4v) is 2.34. The Morgan fingerprint density at radius 3 is 2.71 bits per heavy atom. The van der Waals surface area contributed by atoms with Gasteiger partial charge in [0.25, 0.3) is 0 Å². The smallest absolute Gasteiger partial charge is 0.120 e. The number of hydrogen-bond acceptors (Lipinski definition) is 2. The second-order valence-electron chi connectivity index (χ2n) is 3.67. The molecule has 2 heteroatoms. The van der Waals surface area contributed by atoms with Crippen LogP contribution in [-0.2, 0) is 0 Å². The summed E-state index contributed by atoms with van der Waals surface area (Å²) in [4.78, 5) is 4.55. The minimum absolute atomic E-state index is 0.468. The van der Waals surface area contributed by atoms with Gasteiger partial charge in [0.2, 0.25) is 0 Å². The first kappa shape index (κ1) is 9.41. The first-order valence-electron chi connectivity index (χ1n) is 4.73. The maximum Gasteiger partial charge on any atom is 0.120 e. The lowest BCUT2D eigenvalue weighted by atomic mass is 10.1. The molecule has 14 heavy (non-hydrogen) atoms. The second-order valence-corrected chi connectivity index (χ2v) is 4.70. The maximum absolute atomic E-state index is 4.55. The third kappa shape index (κ3) is 1.58. The highest BCUT2D eigenvalue weighted by Gasteiger charge is 2.08. The third-order valence-corrected chi connectivity index (χ3v) is 3.38. The maximum atomic E-state index is 4.55. The fourth-order valence-electron chi connectivity index (χ4n) is 1.26. The Bertz CT molecular complexity index is 435. The Balaban J connectivity index is 2.50. The molecular weight excluding hydrogens is 190 g/mol. The van der Waals surface area contributed by atoms with Gasteiger partial charge >= 0.3 is 0 Å². The minimum atomic E-state index is 0.468. The number of fused-ring (bicyclic) bond motifs is 1. The van der Waals surface area contributed by atoms with Crippen molar-refractivity contribution in [3.63, 3.8) is 0 Å². The summed E-state index contributed by atoms with van der Waals surface area (Å²) >= 11 is 1.72. The molecule has 1 heterocycles. The van der Waals surface area contributed by atoms with Crippen LogP contribution in [-0.4, -0.2) is 4.98 Å². The standard InChI is InChI=1S/C12H13NS/c1-8(2)9(3)12-13-10-6-4-5-7-11(10)14-12/h4-8H,3H2,1-2H3. The molecule has 0 saturated carbocycles. The molecule has 1 nitrogen and oxygen atoms in total. The van der Waals surface area contributed by atoms with Crippen molar-refractivity contribution in [1.82, 2.24) is 4.98 Å². The highest BCUT2D eigenvalue weighted by atomic mass is 32.1. The van der Waals surface area contributed by atoms with Gasteiger partial charge in [-0.1, -0.05) is 32.6 Å². The summed E-state index contributed by atoms with van der Waals surface area (Å²) in [6.45, 7) is 8.36. The molecule has 1 aromatic heterocycles. The predicted molar refractivity (Wildman–Crippen MR) is 63.5 cm³/mol. The summed E-state index contributed by atoms with van der Waals surface area (Å²) in [5.74, 6) is 0.468. The molecule has 0 aliphatic carbocycles.